The third-order valence-electron chi connectivity index (χ3n) is 4.21. The standard InChI is InChI=1S/C17H21N3O/c1-12-9-16(19-15-6-4-3-5-14(12)15)17(21)20-8-7-13(11-20)10-18-2/h3-6,9,13,18H,7-8,10-11H2,1-2H3. The van der Waals surface area contributed by atoms with E-state index in [2.05, 4.69) is 10.3 Å². The topological polar surface area (TPSA) is 45.2 Å². The normalized spacial score (nSPS) is 18.4. The van der Waals surface area contributed by atoms with Crippen LogP contribution in [0.4, 0.5) is 0 Å². The van der Waals surface area contributed by atoms with Crippen molar-refractivity contribution in [1.82, 2.24) is 15.2 Å². The lowest BCUT2D eigenvalue weighted by Gasteiger charge is -2.17. The van der Waals surface area contributed by atoms with Gasteiger partial charge in [-0.2, -0.15) is 0 Å². The van der Waals surface area contributed by atoms with Crippen LogP contribution in [0.1, 0.15) is 22.5 Å². The summed E-state index contributed by atoms with van der Waals surface area (Å²) in [5, 5.41) is 4.30. The molecule has 110 valence electrons. The Labute approximate surface area is 125 Å². The molecule has 1 aromatic heterocycles. The third-order valence-corrected chi connectivity index (χ3v) is 4.21. The first-order valence-corrected chi connectivity index (χ1v) is 7.49. The number of likely N-dealkylation sites (tertiary alicyclic amines) is 1. The lowest BCUT2D eigenvalue weighted by atomic mass is 10.1. The van der Waals surface area contributed by atoms with E-state index in [1.54, 1.807) is 0 Å². The van der Waals surface area contributed by atoms with E-state index < -0.39 is 0 Å². The van der Waals surface area contributed by atoms with Gasteiger partial charge in [0.1, 0.15) is 5.69 Å². The molecule has 3 rings (SSSR count). The van der Waals surface area contributed by atoms with Crippen molar-refractivity contribution in [2.24, 2.45) is 5.92 Å². The number of carbonyl (C=O) groups is 1. The second-order valence-electron chi connectivity index (χ2n) is 5.81. The molecule has 2 heterocycles. The molecule has 0 aliphatic carbocycles. The monoisotopic (exact) mass is 283 g/mol. The molecule has 2 aromatic rings. The van der Waals surface area contributed by atoms with Gasteiger partial charge in [-0.3, -0.25) is 4.79 Å². The smallest absolute Gasteiger partial charge is 0.272 e. The second-order valence-corrected chi connectivity index (χ2v) is 5.81. The number of para-hydroxylation sites is 1. The summed E-state index contributed by atoms with van der Waals surface area (Å²) in [5.74, 6) is 0.614. The first-order chi connectivity index (χ1) is 10.2. The predicted octanol–water partition coefficient (Wildman–Crippen LogP) is 2.22. The largest absolute Gasteiger partial charge is 0.337 e. The molecule has 1 aromatic carbocycles. The Hall–Kier alpha value is -1.94. The number of fused-ring (bicyclic) bond motifs is 1. The molecule has 1 fully saturated rings. The molecule has 1 atom stereocenters. The molecule has 1 N–H and O–H groups in total. The molecule has 1 saturated heterocycles. The van der Waals surface area contributed by atoms with Crippen molar-refractivity contribution in [3.63, 3.8) is 0 Å². The molecular weight excluding hydrogens is 262 g/mol. The summed E-state index contributed by atoms with van der Waals surface area (Å²) in [6.07, 6.45) is 1.07. The molecule has 0 radical (unpaired) electrons. The Morgan fingerprint density at radius 1 is 1.43 bits per heavy atom. The van der Waals surface area contributed by atoms with Crippen LogP contribution >= 0.6 is 0 Å². The van der Waals surface area contributed by atoms with Crippen molar-refractivity contribution >= 4 is 16.8 Å². The van der Waals surface area contributed by atoms with Crippen molar-refractivity contribution < 1.29 is 4.79 Å². The van der Waals surface area contributed by atoms with Crippen LogP contribution < -0.4 is 5.32 Å². The van der Waals surface area contributed by atoms with Gasteiger partial charge in [0.05, 0.1) is 5.52 Å². The number of nitrogens with zero attached hydrogens (tertiary/aromatic N) is 2. The van der Waals surface area contributed by atoms with Crippen LogP contribution in [0.2, 0.25) is 0 Å². The average molecular weight is 283 g/mol. The number of hydrogen-bond acceptors (Lipinski definition) is 3. The van der Waals surface area contributed by atoms with Gasteiger partial charge < -0.3 is 10.2 Å². The Morgan fingerprint density at radius 2 is 2.24 bits per heavy atom. The average Bonchev–Trinajstić information content (AvgIpc) is 2.95. The quantitative estimate of drug-likeness (QED) is 0.939. The third kappa shape index (κ3) is 2.76. The van der Waals surface area contributed by atoms with Crippen LogP contribution in [-0.4, -0.2) is 42.5 Å². The lowest BCUT2D eigenvalue weighted by molar-refractivity contribution is 0.0781. The van der Waals surface area contributed by atoms with Crippen LogP contribution in [0, 0.1) is 12.8 Å². The Balaban J connectivity index is 1.85. The van der Waals surface area contributed by atoms with Gasteiger partial charge in [-0.1, -0.05) is 18.2 Å². The number of carbonyl (C=O) groups excluding carboxylic acids is 1. The number of nitrogens with one attached hydrogen (secondary N) is 1. The van der Waals surface area contributed by atoms with Gasteiger partial charge in [-0.05, 0) is 50.6 Å². The predicted molar refractivity (Wildman–Crippen MR) is 84.4 cm³/mol. The first-order valence-electron chi connectivity index (χ1n) is 7.49. The van der Waals surface area contributed by atoms with E-state index in [1.807, 2.05) is 49.2 Å². The van der Waals surface area contributed by atoms with Gasteiger partial charge in [0, 0.05) is 18.5 Å². The summed E-state index contributed by atoms with van der Waals surface area (Å²) in [6, 6.07) is 9.89. The minimum absolute atomic E-state index is 0.0578. The number of hydrogen-bond donors (Lipinski definition) is 1. The molecule has 0 bridgehead atoms. The van der Waals surface area contributed by atoms with Crippen molar-refractivity contribution in [3.05, 3.63) is 41.6 Å². The highest BCUT2D eigenvalue weighted by molar-refractivity contribution is 5.96. The molecule has 1 aliphatic rings. The van der Waals surface area contributed by atoms with E-state index in [0.29, 0.717) is 11.6 Å². The zero-order valence-corrected chi connectivity index (χ0v) is 12.6. The van der Waals surface area contributed by atoms with E-state index in [0.717, 1.165) is 42.5 Å². The summed E-state index contributed by atoms with van der Waals surface area (Å²) in [6.45, 7) is 4.66. The van der Waals surface area contributed by atoms with Crippen molar-refractivity contribution in [1.29, 1.82) is 0 Å². The Morgan fingerprint density at radius 3 is 3.05 bits per heavy atom. The van der Waals surface area contributed by atoms with Crippen molar-refractivity contribution in [2.45, 2.75) is 13.3 Å². The van der Waals surface area contributed by atoms with E-state index in [1.165, 1.54) is 0 Å². The van der Waals surface area contributed by atoms with Crippen LogP contribution in [0.25, 0.3) is 10.9 Å². The molecule has 0 spiro atoms. The number of rotatable bonds is 3. The molecular formula is C17H21N3O. The number of benzene rings is 1. The zero-order valence-electron chi connectivity index (χ0n) is 12.6. The molecule has 0 saturated carbocycles. The summed E-state index contributed by atoms with van der Waals surface area (Å²) in [7, 11) is 1.96. The number of aryl methyl sites for hydroxylation is 1. The lowest BCUT2D eigenvalue weighted by Crippen LogP contribution is -2.31. The molecule has 21 heavy (non-hydrogen) atoms. The van der Waals surface area contributed by atoms with E-state index in [4.69, 9.17) is 0 Å². The van der Waals surface area contributed by atoms with Crippen LogP contribution in [-0.2, 0) is 0 Å². The second kappa shape index (κ2) is 5.82. The molecule has 1 aliphatic heterocycles. The van der Waals surface area contributed by atoms with Gasteiger partial charge in [-0.15, -0.1) is 0 Å². The highest BCUT2D eigenvalue weighted by Gasteiger charge is 2.27. The van der Waals surface area contributed by atoms with Crippen LogP contribution in [0.5, 0.6) is 0 Å². The number of aromatic nitrogens is 1. The number of pyridine rings is 1. The molecule has 1 amide bonds. The minimum Gasteiger partial charge on any atom is -0.337 e. The first kappa shape index (κ1) is 14.0. The van der Waals surface area contributed by atoms with Gasteiger partial charge >= 0.3 is 0 Å². The van der Waals surface area contributed by atoms with E-state index in [-0.39, 0.29) is 5.91 Å². The summed E-state index contributed by atoms with van der Waals surface area (Å²) < 4.78 is 0. The van der Waals surface area contributed by atoms with Crippen molar-refractivity contribution in [3.8, 4) is 0 Å². The van der Waals surface area contributed by atoms with E-state index in [9.17, 15) is 4.79 Å². The fraction of sp³-hybridized carbons (Fsp3) is 0.412. The molecule has 4 nitrogen and oxygen atoms in total. The minimum atomic E-state index is 0.0578. The van der Waals surface area contributed by atoms with Gasteiger partial charge in [-0.25, -0.2) is 4.98 Å². The summed E-state index contributed by atoms with van der Waals surface area (Å²) in [5.41, 5.74) is 2.57. The van der Waals surface area contributed by atoms with Crippen molar-refractivity contribution in [2.75, 3.05) is 26.7 Å². The summed E-state index contributed by atoms with van der Waals surface area (Å²) >= 11 is 0. The maximum absolute atomic E-state index is 12.6. The highest BCUT2D eigenvalue weighted by atomic mass is 16.2. The Kier molecular flexibility index (Phi) is 3.88. The van der Waals surface area contributed by atoms with Crippen LogP contribution in [0.15, 0.2) is 30.3 Å². The fourth-order valence-electron chi connectivity index (χ4n) is 3.09. The van der Waals surface area contributed by atoms with Crippen LogP contribution in [0.3, 0.4) is 0 Å². The molecule has 4 heteroatoms. The van der Waals surface area contributed by atoms with Gasteiger partial charge in [0.15, 0.2) is 0 Å². The zero-order chi connectivity index (χ0) is 14.8. The van der Waals surface area contributed by atoms with E-state index >= 15 is 0 Å². The van der Waals surface area contributed by atoms with Gasteiger partial charge in [0.25, 0.3) is 5.91 Å². The summed E-state index contributed by atoms with van der Waals surface area (Å²) in [4.78, 5) is 19.1. The number of amides is 1. The maximum atomic E-state index is 12.6. The Bertz CT molecular complexity index is 668. The van der Waals surface area contributed by atoms with Gasteiger partial charge in [0.2, 0.25) is 0 Å². The SMILES string of the molecule is CNCC1CCN(C(=O)c2cc(C)c3ccccc3n2)C1. The highest BCUT2D eigenvalue weighted by Crippen LogP contribution is 2.21. The maximum Gasteiger partial charge on any atom is 0.272 e. The molecule has 1 unspecified atom stereocenters. The fourth-order valence-corrected chi connectivity index (χ4v) is 3.09.